The molecular weight excluding hydrogens is 450 g/mol. The lowest BCUT2D eigenvalue weighted by atomic mass is 9.73. The van der Waals surface area contributed by atoms with Crippen molar-refractivity contribution < 1.29 is 33.2 Å². The molecule has 0 saturated carbocycles. The van der Waals surface area contributed by atoms with Crippen LogP contribution in [0.3, 0.4) is 0 Å². The number of rotatable bonds is 7. The zero-order chi connectivity index (χ0) is 23.1. The molecule has 0 bridgehead atoms. The fourth-order valence-electron chi connectivity index (χ4n) is 2.75. The van der Waals surface area contributed by atoms with Crippen molar-refractivity contribution in [3.05, 3.63) is 33.8 Å². The van der Waals surface area contributed by atoms with Crippen LogP contribution < -0.4 is 10.6 Å². The summed E-state index contributed by atoms with van der Waals surface area (Å²) in [6.45, 7) is 4.43. The highest BCUT2D eigenvalue weighted by Gasteiger charge is 2.41. The van der Waals surface area contributed by atoms with Crippen LogP contribution in [0.25, 0.3) is 0 Å². The molecular formula is C19H23BCl2N2O7. The van der Waals surface area contributed by atoms with Gasteiger partial charge in [0, 0.05) is 5.02 Å². The average molecular weight is 473 g/mol. The van der Waals surface area contributed by atoms with Gasteiger partial charge in [0.2, 0.25) is 5.91 Å². The van der Waals surface area contributed by atoms with Gasteiger partial charge < -0.3 is 24.7 Å². The van der Waals surface area contributed by atoms with E-state index in [-0.39, 0.29) is 23.0 Å². The number of carbonyl (C=O) groups excluding carboxylic acids is 4. The van der Waals surface area contributed by atoms with Crippen LogP contribution >= 0.6 is 23.2 Å². The molecule has 1 heterocycles. The predicted molar refractivity (Wildman–Crippen MR) is 114 cm³/mol. The summed E-state index contributed by atoms with van der Waals surface area (Å²) in [5, 5.41) is 5.60. The highest BCUT2D eigenvalue weighted by molar-refractivity contribution is 6.51. The SMILES string of the molecule is CC(C)C[C@H](NC(=O)CNC(=O)c1cc(Cl)ccc1Cl)B1OC(=O)CO[C@@H](C)C(=O)O1. The zero-order valence-corrected chi connectivity index (χ0v) is 18.8. The van der Waals surface area contributed by atoms with Crippen LogP contribution in [-0.2, 0) is 28.4 Å². The molecule has 1 aliphatic heterocycles. The maximum absolute atomic E-state index is 12.5. The lowest BCUT2D eigenvalue weighted by Gasteiger charge is -2.27. The summed E-state index contributed by atoms with van der Waals surface area (Å²) >= 11 is 11.9. The van der Waals surface area contributed by atoms with Gasteiger partial charge in [-0.2, -0.15) is 0 Å². The lowest BCUT2D eigenvalue weighted by molar-refractivity contribution is -0.160. The predicted octanol–water partition coefficient (Wildman–Crippen LogP) is 1.79. The third-order valence-corrected chi connectivity index (χ3v) is 4.81. The van der Waals surface area contributed by atoms with E-state index in [0.29, 0.717) is 11.4 Å². The van der Waals surface area contributed by atoms with E-state index in [1.54, 1.807) is 0 Å². The molecule has 9 nitrogen and oxygen atoms in total. The van der Waals surface area contributed by atoms with Crippen molar-refractivity contribution in [2.75, 3.05) is 13.2 Å². The van der Waals surface area contributed by atoms with Gasteiger partial charge in [-0.25, -0.2) is 0 Å². The minimum atomic E-state index is -1.32. The van der Waals surface area contributed by atoms with Crippen LogP contribution in [-0.4, -0.2) is 56.1 Å². The summed E-state index contributed by atoms with van der Waals surface area (Å²) in [4.78, 5) is 48.7. The molecule has 1 aromatic carbocycles. The summed E-state index contributed by atoms with van der Waals surface area (Å²) in [5.41, 5.74) is 0.123. The third kappa shape index (κ3) is 7.72. The van der Waals surface area contributed by atoms with Crippen molar-refractivity contribution in [1.29, 1.82) is 0 Å². The number of halogens is 2. The maximum atomic E-state index is 12.5. The van der Waals surface area contributed by atoms with E-state index in [0.717, 1.165) is 0 Å². The topological polar surface area (TPSA) is 120 Å². The highest BCUT2D eigenvalue weighted by Crippen LogP contribution is 2.20. The molecule has 2 N–H and O–H groups in total. The van der Waals surface area contributed by atoms with E-state index in [1.807, 2.05) is 13.8 Å². The maximum Gasteiger partial charge on any atom is 0.622 e. The van der Waals surface area contributed by atoms with Crippen molar-refractivity contribution in [2.24, 2.45) is 5.92 Å². The summed E-state index contributed by atoms with van der Waals surface area (Å²) < 4.78 is 15.4. The van der Waals surface area contributed by atoms with E-state index in [9.17, 15) is 19.2 Å². The molecule has 2 rings (SSSR count). The molecule has 1 aliphatic rings. The van der Waals surface area contributed by atoms with Crippen molar-refractivity contribution in [3.63, 3.8) is 0 Å². The second kappa shape index (κ2) is 11.4. The lowest BCUT2D eigenvalue weighted by Crippen LogP contribution is -2.55. The van der Waals surface area contributed by atoms with Crippen LogP contribution in [0.4, 0.5) is 0 Å². The van der Waals surface area contributed by atoms with Gasteiger partial charge in [0.05, 0.1) is 23.1 Å². The van der Waals surface area contributed by atoms with Gasteiger partial charge in [0.15, 0.2) is 6.10 Å². The fraction of sp³-hybridized carbons (Fsp3) is 0.474. The van der Waals surface area contributed by atoms with Crippen LogP contribution in [0.2, 0.25) is 10.0 Å². The Bertz CT molecular complexity index is 853. The quantitative estimate of drug-likeness (QED) is 0.580. The van der Waals surface area contributed by atoms with Crippen LogP contribution in [0.15, 0.2) is 18.2 Å². The molecule has 12 heteroatoms. The largest absolute Gasteiger partial charge is 0.622 e. The normalized spacial score (nSPS) is 17.9. The van der Waals surface area contributed by atoms with Crippen molar-refractivity contribution in [2.45, 2.75) is 39.2 Å². The Labute approximate surface area is 190 Å². The second-order valence-electron chi connectivity index (χ2n) is 7.36. The summed E-state index contributed by atoms with van der Waals surface area (Å²) in [6, 6.07) is 4.39. The van der Waals surface area contributed by atoms with Gasteiger partial charge in [0.25, 0.3) is 5.91 Å². The van der Waals surface area contributed by atoms with Crippen molar-refractivity contribution >= 4 is 54.1 Å². The van der Waals surface area contributed by atoms with Gasteiger partial charge in [-0.1, -0.05) is 37.0 Å². The fourth-order valence-corrected chi connectivity index (χ4v) is 3.13. The number of benzene rings is 1. The van der Waals surface area contributed by atoms with Gasteiger partial charge in [0.1, 0.15) is 6.61 Å². The molecule has 1 fully saturated rings. The Hall–Kier alpha value is -2.30. The summed E-state index contributed by atoms with van der Waals surface area (Å²) in [6.07, 6.45) is -0.604. The first-order valence-corrected chi connectivity index (χ1v) is 10.4. The number of amides is 2. The van der Waals surface area contributed by atoms with E-state index >= 15 is 0 Å². The molecule has 2 atom stereocenters. The summed E-state index contributed by atoms with van der Waals surface area (Å²) in [5.74, 6) is -3.35. The molecule has 0 unspecified atom stereocenters. The molecule has 2 amide bonds. The summed E-state index contributed by atoms with van der Waals surface area (Å²) in [7, 11) is -1.32. The molecule has 31 heavy (non-hydrogen) atoms. The first kappa shape index (κ1) is 25.0. The Balaban J connectivity index is 2.04. The highest BCUT2D eigenvalue weighted by atomic mass is 35.5. The van der Waals surface area contributed by atoms with Crippen molar-refractivity contribution in [3.8, 4) is 0 Å². The minimum absolute atomic E-state index is 0.0710. The van der Waals surface area contributed by atoms with Crippen LogP contribution in [0.5, 0.6) is 0 Å². The molecule has 0 aromatic heterocycles. The first-order chi connectivity index (χ1) is 14.6. The average Bonchev–Trinajstić information content (AvgIpc) is 2.69. The van der Waals surface area contributed by atoms with Crippen molar-refractivity contribution in [1.82, 2.24) is 10.6 Å². The van der Waals surface area contributed by atoms with E-state index in [2.05, 4.69) is 10.6 Å². The van der Waals surface area contributed by atoms with Gasteiger partial charge in [-0.05, 0) is 37.5 Å². The Kier molecular flexibility index (Phi) is 9.15. The molecule has 0 radical (unpaired) electrons. The number of hydrogen-bond acceptors (Lipinski definition) is 7. The van der Waals surface area contributed by atoms with E-state index in [1.165, 1.54) is 25.1 Å². The second-order valence-corrected chi connectivity index (χ2v) is 8.20. The molecule has 1 aromatic rings. The Morgan fingerprint density at radius 3 is 2.61 bits per heavy atom. The smallest absolute Gasteiger partial charge is 0.496 e. The zero-order valence-electron chi connectivity index (χ0n) is 17.3. The first-order valence-electron chi connectivity index (χ1n) is 9.61. The van der Waals surface area contributed by atoms with E-state index in [4.69, 9.17) is 37.2 Å². The Morgan fingerprint density at radius 1 is 1.23 bits per heavy atom. The number of ether oxygens (including phenoxy) is 1. The number of hydrogen-bond donors (Lipinski definition) is 2. The molecule has 0 aliphatic carbocycles. The molecule has 1 saturated heterocycles. The van der Waals surface area contributed by atoms with Crippen LogP contribution in [0.1, 0.15) is 37.6 Å². The van der Waals surface area contributed by atoms with Gasteiger partial charge in [-0.3, -0.25) is 19.2 Å². The minimum Gasteiger partial charge on any atom is -0.496 e. The third-order valence-electron chi connectivity index (χ3n) is 4.25. The molecule has 168 valence electrons. The number of carbonyl (C=O) groups is 4. The Morgan fingerprint density at radius 2 is 1.94 bits per heavy atom. The van der Waals surface area contributed by atoms with Crippen LogP contribution in [0, 0.1) is 5.92 Å². The van der Waals surface area contributed by atoms with E-state index < -0.39 is 49.5 Å². The molecule has 0 spiro atoms. The van der Waals surface area contributed by atoms with Gasteiger partial charge in [-0.15, -0.1) is 0 Å². The number of nitrogens with one attached hydrogen (secondary N) is 2. The standard InChI is InChI=1S/C19H23BCl2N2O7/c1-10(2)6-15(20-30-17(26)9-29-11(3)19(28)31-20)24-16(25)8-23-18(27)13-7-12(21)4-5-14(13)22/h4-5,7,10-11,15H,6,8-9H2,1-3H3,(H,23,27)(H,24,25)/t11-,15-/m0/s1. The monoisotopic (exact) mass is 472 g/mol. The van der Waals surface area contributed by atoms with Gasteiger partial charge >= 0.3 is 19.1 Å².